The number of fused-ring (bicyclic) bond motifs is 1. The van der Waals surface area contributed by atoms with Gasteiger partial charge in [0.05, 0.1) is 18.0 Å². The van der Waals surface area contributed by atoms with Crippen LogP contribution in [0.25, 0.3) is 11.0 Å². The first kappa shape index (κ1) is 22.3. The lowest BCUT2D eigenvalue weighted by Gasteiger charge is -2.19. The molecular formula is C17H21F3N6O3. The first-order valence-electron chi connectivity index (χ1n) is 8.83. The van der Waals surface area contributed by atoms with Gasteiger partial charge in [-0.2, -0.15) is 13.2 Å². The Morgan fingerprint density at radius 2 is 2.07 bits per heavy atom. The number of carbonyl (C=O) groups excluding carboxylic acids is 2. The molecule has 0 aliphatic carbocycles. The number of hydroxylamine groups is 2. The number of unbranched alkanes of at least 4 members (excludes halogenated alkanes) is 1. The van der Waals surface area contributed by atoms with Crippen molar-refractivity contribution < 1.29 is 28.0 Å². The third-order valence-electron chi connectivity index (χ3n) is 4.15. The average Bonchev–Trinajstić information content (AvgIpc) is 2.67. The third kappa shape index (κ3) is 7.14. The molecule has 0 unspecified atom stereocenters. The predicted octanol–water partition coefficient (Wildman–Crippen LogP) is 2.36. The average molecular weight is 414 g/mol. The van der Waals surface area contributed by atoms with Crippen LogP contribution >= 0.6 is 0 Å². The molecule has 1 atom stereocenters. The number of benzene rings is 1. The fourth-order valence-corrected chi connectivity index (χ4v) is 2.66. The van der Waals surface area contributed by atoms with E-state index >= 15 is 0 Å². The van der Waals surface area contributed by atoms with Crippen molar-refractivity contribution in [3.63, 3.8) is 0 Å². The number of amides is 2. The van der Waals surface area contributed by atoms with Crippen molar-refractivity contribution >= 4 is 29.3 Å². The molecular weight excluding hydrogens is 393 g/mol. The number of hydrogen-bond acceptors (Lipinski definition) is 7. The van der Waals surface area contributed by atoms with Crippen molar-refractivity contribution in [3.8, 4) is 0 Å². The minimum atomic E-state index is -4.27. The summed E-state index contributed by atoms with van der Waals surface area (Å²) in [6.07, 6.45) is -5.15. The SMILES string of the molecule is Cc1cccc2nnc(NNC(=O)[C@@H](CCCCC(F)(F)F)CN(O)C=O)nc12. The standard InChI is InChI=1S/C17H21F3N6O3/c1-11-5-4-7-13-14(11)21-16(24-22-13)25-23-15(28)12(9-26(29)10-27)6-2-3-8-17(18,19)20/h4-5,7,10,12,29H,2-3,6,8-9H2,1H3,(H,23,28)(H,21,24,25)/t12-/m0/s1. The van der Waals surface area contributed by atoms with E-state index < -0.39 is 24.4 Å². The van der Waals surface area contributed by atoms with Crippen molar-refractivity contribution in [2.24, 2.45) is 5.92 Å². The number of nitrogens with zero attached hydrogens (tertiary/aromatic N) is 4. The molecule has 0 bridgehead atoms. The molecule has 9 nitrogen and oxygen atoms in total. The minimum Gasteiger partial charge on any atom is -0.286 e. The smallest absolute Gasteiger partial charge is 0.286 e. The lowest BCUT2D eigenvalue weighted by Crippen LogP contribution is -2.40. The van der Waals surface area contributed by atoms with Crippen LogP contribution in [0.4, 0.5) is 19.1 Å². The third-order valence-corrected chi connectivity index (χ3v) is 4.15. The molecule has 29 heavy (non-hydrogen) atoms. The first-order chi connectivity index (χ1) is 13.7. The summed E-state index contributed by atoms with van der Waals surface area (Å²) in [6, 6.07) is 5.38. The molecule has 0 saturated carbocycles. The second-order valence-electron chi connectivity index (χ2n) is 6.48. The van der Waals surface area contributed by atoms with Crippen LogP contribution in [-0.4, -0.2) is 50.5 Å². The number of rotatable bonds is 10. The van der Waals surface area contributed by atoms with Gasteiger partial charge in [0.15, 0.2) is 0 Å². The van der Waals surface area contributed by atoms with Crippen LogP contribution < -0.4 is 10.9 Å². The largest absolute Gasteiger partial charge is 0.389 e. The lowest BCUT2D eigenvalue weighted by molar-refractivity contribution is -0.154. The van der Waals surface area contributed by atoms with Crippen LogP contribution in [-0.2, 0) is 9.59 Å². The number of nitrogens with one attached hydrogen (secondary N) is 2. The molecule has 0 aliphatic heterocycles. The van der Waals surface area contributed by atoms with Crippen LogP contribution in [0.15, 0.2) is 18.2 Å². The number of para-hydroxylation sites is 1. The van der Waals surface area contributed by atoms with Gasteiger partial charge in [-0.15, -0.1) is 10.2 Å². The fraction of sp³-hybridized carbons (Fsp3) is 0.471. The van der Waals surface area contributed by atoms with Gasteiger partial charge in [0.2, 0.25) is 12.3 Å². The monoisotopic (exact) mass is 414 g/mol. The molecule has 0 radical (unpaired) electrons. The van der Waals surface area contributed by atoms with E-state index in [0.717, 1.165) is 5.56 Å². The number of aromatic nitrogens is 3. The number of carbonyl (C=O) groups is 2. The summed E-state index contributed by atoms with van der Waals surface area (Å²) in [7, 11) is 0. The Kier molecular flexibility index (Phi) is 7.65. The van der Waals surface area contributed by atoms with E-state index in [0.29, 0.717) is 11.0 Å². The normalized spacial score (nSPS) is 12.4. The molecule has 2 amide bonds. The van der Waals surface area contributed by atoms with Crippen LogP contribution in [0, 0.1) is 12.8 Å². The predicted molar refractivity (Wildman–Crippen MR) is 96.4 cm³/mol. The van der Waals surface area contributed by atoms with Crippen LogP contribution in [0.2, 0.25) is 0 Å². The highest BCUT2D eigenvalue weighted by molar-refractivity contribution is 5.81. The van der Waals surface area contributed by atoms with Crippen molar-refractivity contribution in [2.75, 3.05) is 12.0 Å². The van der Waals surface area contributed by atoms with E-state index in [-0.39, 0.29) is 43.2 Å². The number of halogens is 3. The molecule has 0 spiro atoms. The summed E-state index contributed by atoms with van der Waals surface area (Å²) in [5.41, 5.74) is 6.86. The quantitative estimate of drug-likeness (QED) is 0.236. The highest BCUT2D eigenvalue weighted by Gasteiger charge is 2.27. The molecule has 2 aromatic rings. The maximum Gasteiger partial charge on any atom is 0.389 e. The number of aryl methyl sites for hydroxylation is 1. The summed E-state index contributed by atoms with van der Waals surface area (Å²) in [5, 5.41) is 17.4. The minimum absolute atomic E-state index is 0.0206. The molecule has 0 saturated heterocycles. The molecule has 1 aromatic carbocycles. The van der Waals surface area contributed by atoms with E-state index in [1.54, 1.807) is 12.1 Å². The molecule has 1 heterocycles. The Hall–Kier alpha value is -3.02. The van der Waals surface area contributed by atoms with Gasteiger partial charge in [0, 0.05) is 6.42 Å². The highest BCUT2D eigenvalue weighted by Crippen LogP contribution is 2.23. The second kappa shape index (κ2) is 9.96. The second-order valence-corrected chi connectivity index (χ2v) is 6.48. The summed E-state index contributed by atoms with van der Waals surface area (Å²) in [5.74, 6) is -1.54. The number of anilines is 1. The van der Waals surface area contributed by atoms with E-state index in [4.69, 9.17) is 0 Å². The molecule has 0 aliphatic rings. The maximum absolute atomic E-state index is 12.4. The fourth-order valence-electron chi connectivity index (χ4n) is 2.66. The van der Waals surface area contributed by atoms with Gasteiger partial charge < -0.3 is 0 Å². The summed E-state index contributed by atoms with van der Waals surface area (Å²) < 4.78 is 36.7. The zero-order valence-corrected chi connectivity index (χ0v) is 15.6. The van der Waals surface area contributed by atoms with Gasteiger partial charge in [-0.05, 0) is 31.4 Å². The van der Waals surface area contributed by atoms with Crippen LogP contribution in [0.1, 0.15) is 31.2 Å². The highest BCUT2D eigenvalue weighted by atomic mass is 19.4. The topological polar surface area (TPSA) is 120 Å². The van der Waals surface area contributed by atoms with Gasteiger partial charge in [-0.3, -0.25) is 25.6 Å². The van der Waals surface area contributed by atoms with Crippen molar-refractivity contribution in [3.05, 3.63) is 23.8 Å². The van der Waals surface area contributed by atoms with Crippen LogP contribution in [0.5, 0.6) is 0 Å². The summed E-state index contributed by atoms with van der Waals surface area (Å²) >= 11 is 0. The maximum atomic E-state index is 12.4. The Morgan fingerprint density at radius 3 is 2.76 bits per heavy atom. The Morgan fingerprint density at radius 1 is 1.31 bits per heavy atom. The Labute approximate surface area is 164 Å². The first-order valence-corrected chi connectivity index (χ1v) is 8.83. The zero-order valence-electron chi connectivity index (χ0n) is 15.6. The van der Waals surface area contributed by atoms with Gasteiger partial charge in [-0.1, -0.05) is 18.6 Å². The Bertz CT molecular complexity index is 849. The van der Waals surface area contributed by atoms with Crippen molar-refractivity contribution in [1.29, 1.82) is 0 Å². The molecule has 3 N–H and O–H groups in total. The van der Waals surface area contributed by atoms with Gasteiger partial charge in [0.25, 0.3) is 5.95 Å². The van der Waals surface area contributed by atoms with Crippen molar-refractivity contribution in [2.45, 2.75) is 38.8 Å². The van der Waals surface area contributed by atoms with Crippen molar-refractivity contribution in [1.82, 2.24) is 25.7 Å². The van der Waals surface area contributed by atoms with Crippen LogP contribution in [0.3, 0.4) is 0 Å². The van der Waals surface area contributed by atoms with Gasteiger partial charge in [-0.25, -0.2) is 10.0 Å². The summed E-state index contributed by atoms with van der Waals surface area (Å²) in [4.78, 5) is 27.2. The number of hydrazine groups is 1. The number of alkyl halides is 3. The van der Waals surface area contributed by atoms with E-state index in [2.05, 4.69) is 26.0 Å². The molecule has 1 aromatic heterocycles. The number of hydrogen-bond donors (Lipinski definition) is 3. The van der Waals surface area contributed by atoms with E-state index in [1.165, 1.54) is 0 Å². The molecule has 12 heteroatoms. The molecule has 2 rings (SSSR count). The molecule has 0 fully saturated rings. The van der Waals surface area contributed by atoms with Gasteiger partial charge in [0.1, 0.15) is 5.52 Å². The lowest BCUT2D eigenvalue weighted by atomic mass is 10.00. The molecule has 158 valence electrons. The van der Waals surface area contributed by atoms with Gasteiger partial charge >= 0.3 is 6.18 Å². The summed E-state index contributed by atoms with van der Waals surface area (Å²) in [6.45, 7) is 1.48. The Balaban J connectivity index is 1.97. The van der Waals surface area contributed by atoms with E-state index in [1.807, 2.05) is 13.0 Å². The van der Waals surface area contributed by atoms with E-state index in [9.17, 15) is 28.0 Å². The zero-order chi connectivity index (χ0) is 21.4.